The van der Waals surface area contributed by atoms with Gasteiger partial charge in [0.05, 0.1) is 5.75 Å². The number of anilines is 2. The summed E-state index contributed by atoms with van der Waals surface area (Å²) in [6.45, 7) is 6.06. The zero-order valence-corrected chi connectivity index (χ0v) is 13.4. The first-order valence-electron chi connectivity index (χ1n) is 6.82. The van der Waals surface area contributed by atoms with Crippen LogP contribution in [0.5, 0.6) is 0 Å². The Hall–Kier alpha value is -1.94. The molecule has 2 rings (SSSR count). The Labute approximate surface area is 129 Å². The summed E-state index contributed by atoms with van der Waals surface area (Å²) in [5.74, 6) is 0.383. The fraction of sp³-hybridized carbons (Fsp3) is 0.235. The SMILES string of the molecule is Cc1ccc(NC(=O)CSc2ccc(N)c(C)c2)cc1C. The summed E-state index contributed by atoms with van der Waals surface area (Å²) in [6, 6.07) is 11.8. The number of nitrogens with one attached hydrogen (secondary N) is 1. The predicted molar refractivity (Wildman–Crippen MR) is 90.9 cm³/mol. The highest BCUT2D eigenvalue weighted by Gasteiger charge is 2.05. The first-order valence-corrected chi connectivity index (χ1v) is 7.80. The number of nitrogen functional groups attached to an aromatic ring is 1. The Kier molecular flexibility index (Phi) is 4.91. The molecule has 0 saturated carbocycles. The highest BCUT2D eigenvalue weighted by molar-refractivity contribution is 8.00. The van der Waals surface area contributed by atoms with Crippen LogP contribution >= 0.6 is 11.8 Å². The predicted octanol–water partition coefficient (Wildman–Crippen LogP) is 3.92. The monoisotopic (exact) mass is 300 g/mol. The smallest absolute Gasteiger partial charge is 0.234 e. The molecule has 0 bridgehead atoms. The molecule has 0 heterocycles. The van der Waals surface area contributed by atoms with Gasteiger partial charge in [-0.2, -0.15) is 0 Å². The summed E-state index contributed by atoms with van der Waals surface area (Å²) in [5, 5.41) is 2.92. The van der Waals surface area contributed by atoms with Gasteiger partial charge in [-0.1, -0.05) is 6.07 Å². The van der Waals surface area contributed by atoms with E-state index in [0.717, 1.165) is 21.8 Å². The van der Waals surface area contributed by atoms with Crippen molar-refractivity contribution >= 4 is 29.0 Å². The quantitative estimate of drug-likeness (QED) is 0.664. The van der Waals surface area contributed by atoms with Gasteiger partial charge in [-0.3, -0.25) is 4.79 Å². The minimum atomic E-state index is -0.00210. The third-order valence-corrected chi connectivity index (χ3v) is 4.40. The van der Waals surface area contributed by atoms with Gasteiger partial charge in [-0.25, -0.2) is 0 Å². The Morgan fingerprint density at radius 1 is 1.05 bits per heavy atom. The van der Waals surface area contributed by atoms with Crippen LogP contribution in [0.3, 0.4) is 0 Å². The van der Waals surface area contributed by atoms with E-state index in [4.69, 9.17) is 5.73 Å². The molecule has 0 radical (unpaired) electrons. The molecule has 3 N–H and O–H groups in total. The van der Waals surface area contributed by atoms with Gasteiger partial charge in [-0.05, 0) is 67.8 Å². The second kappa shape index (κ2) is 6.68. The maximum atomic E-state index is 12.0. The van der Waals surface area contributed by atoms with Gasteiger partial charge in [0.25, 0.3) is 0 Å². The van der Waals surface area contributed by atoms with Crippen molar-refractivity contribution in [3.63, 3.8) is 0 Å². The molecule has 2 aromatic rings. The third kappa shape index (κ3) is 4.26. The number of amides is 1. The Balaban J connectivity index is 1.92. The van der Waals surface area contributed by atoms with Crippen molar-refractivity contribution in [1.82, 2.24) is 0 Å². The van der Waals surface area contributed by atoms with Gasteiger partial charge in [0.15, 0.2) is 0 Å². The van der Waals surface area contributed by atoms with Crippen LogP contribution < -0.4 is 11.1 Å². The summed E-state index contributed by atoms with van der Waals surface area (Å²) < 4.78 is 0. The lowest BCUT2D eigenvalue weighted by atomic mass is 10.1. The maximum Gasteiger partial charge on any atom is 0.234 e. The van der Waals surface area contributed by atoms with E-state index in [9.17, 15) is 4.79 Å². The van der Waals surface area contributed by atoms with Crippen molar-refractivity contribution in [2.45, 2.75) is 25.7 Å². The lowest BCUT2D eigenvalue weighted by Crippen LogP contribution is -2.14. The molecule has 2 aromatic carbocycles. The van der Waals surface area contributed by atoms with Gasteiger partial charge in [0.1, 0.15) is 0 Å². The fourth-order valence-electron chi connectivity index (χ4n) is 1.90. The maximum absolute atomic E-state index is 12.0. The van der Waals surface area contributed by atoms with Crippen LogP contribution in [0.15, 0.2) is 41.3 Å². The van der Waals surface area contributed by atoms with Crippen molar-refractivity contribution in [2.24, 2.45) is 0 Å². The van der Waals surface area contributed by atoms with E-state index in [2.05, 4.69) is 12.2 Å². The lowest BCUT2D eigenvalue weighted by Gasteiger charge is -2.08. The van der Waals surface area contributed by atoms with E-state index in [1.165, 1.54) is 22.9 Å². The molecule has 3 nitrogen and oxygen atoms in total. The molecule has 0 aliphatic rings. The molecule has 0 atom stereocenters. The zero-order chi connectivity index (χ0) is 15.4. The number of hydrogen-bond donors (Lipinski definition) is 2. The molecule has 110 valence electrons. The Morgan fingerprint density at radius 2 is 1.81 bits per heavy atom. The number of carbonyl (C=O) groups is 1. The van der Waals surface area contributed by atoms with Crippen LogP contribution in [0.4, 0.5) is 11.4 Å². The Bertz CT molecular complexity index is 668. The second-order valence-corrected chi connectivity index (χ2v) is 6.20. The van der Waals surface area contributed by atoms with Crippen molar-refractivity contribution < 1.29 is 4.79 Å². The molecule has 0 aliphatic carbocycles. The van der Waals surface area contributed by atoms with E-state index in [-0.39, 0.29) is 5.91 Å². The van der Waals surface area contributed by atoms with Gasteiger partial charge in [0.2, 0.25) is 5.91 Å². The number of nitrogens with two attached hydrogens (primary N) is 1. The number of hydrogen-bond acceptors (Lipinski definition) is 3. The summed E-state index contributed by atoms with van der Waals surface area (Å²) in [5.41, 5.74) is 10.8. The van der Waals surface area contributed by atoms with E-state index >= 15 is 0 Å². The molecule has 0 spiro atoms. The molecule has 4 heteroatoms. The van der Waals surface area contributed by atoms with E-state index in [1.807, 2.05) is 50.2 Å². The molecule has 0 saturated heterocycles. The lowest BCUT2D eigenvalue weighted by molar-refractivity contribution is -0.113. The normalized spacial score (nSPS) is 10.4. The minimum Gasteiger partial charge on any atom is -0.399 e. The van der Waals surface area contributed by atoms with Crippen LogP contribution in [0, 0.1) is 20.8 Å². The summed E-state index contributed by atoms with van der Waals surface area (Å²) >= 11 is 1.51. The average Bonchev–Trinajstić information content (AvgIpc) is 2.44. The van der Waals surface area contributed by atoms with Crippen LogP contribution in [0.1, 0.15) is 16.7 Å². The van der Waals surface area contributed by atoms with Crippen LogP contribution in [0.2, 0.25) is 0 Å². The van der Waals surface area contributed by atoms with Crippen LogP contribution in [-0.2, 0) is 4.79 Å². The molecule has 0 unspecified atom stereocenters. The summed E-state index contributed by atoms with van der Waals surface area (Å²) in [4.78, 5) is 13.0. The molecular weight excluding hydrogens is 280 g/mol. The first-order chi connectivity index (χ1) is 9.95. The van der Waals surface area contributed by atoms with Crippen molar-refractivity contribution in [3.05, 3.63) is 53.1 Å². The molecule has 0 aromatic heterocycles. The number of carbonyl (C=O) groups excluding carboxylic acids is 1. The van der Waals surface area contributed by atoms with Gasteiger partial charge < -0.3 is 11.1 Å². The van der Waals surface area contributed by atoms with Crippen molar-refractivity contribution in [1.29, 1.82) is 0 Å². The first kappa shape index (κ1) is 15.4. The van der Waals surface area contributed by atoms with Gasteiger partial charge in [0, 0.05) is 16.3 Å². The zero-order valence-electron chi connectivity index (χ0n) is 12.6. The molecule has 1 amide bonds. The number of thioether (sulfide) groups is 1. The van der Waals surface area contributed by atoms with Crippen LogP contribution in [-0.4, -0.2) is 11.7 Å². The Morgan fingerprint density at radius 3 is 2.48 bits per heavy atom. The summed E-state index contributed by atoms with van der Waals surface area (Å²) in [7, 11) is 0. The van der Waals surface area contributed by atoms with Crippen molar-refractivity contribution in [2.75, 3.05) is 16.8 Å². The summed E-state index contributed by atoms with van der Waals surface area (Å²) in [6.07, 6.45) is 0. The number of rotatable bonds is 4. The topological polar surface area (TPSA) is 55.1 Å². The molecular formula is C17H20N2OS. The van der Waals surface area contributed by atoms with Crippen LogP contribution in [0.25, 0.3) is 0 Å². The van der Waals surface area contributed by atoms with E-state index in [0.29, 0.717) is 5.75 Å². The fourth-order valence-corrected chi connectivity index (χ4v) is 2.70. The molecule has 21 heavy (non-hydrogen) atoms. The largest absolute Gasteiger partial charge is 0.399 e. The average molecular weight is 300 g/mol. The molecule has 0 fully saturated rings. The van der Waals surface area contributed by atoms with E-state index in [1.54, 1.807) is 0 Å². The van der Waals surface area contributed by atoms with Gasteiger partial charge >= 0.3 is 0 Å². The van der Waals surface area contributed by atoms with E-state index < -0.39 is 0 Å². The standard InChI is InChI=1S/C17H20N2OS/c1-11-4-5-14(8-12(11)2)19-17(20)10-21-15-6-7-16(18)13(3)9-15/h4-9H,10,18H2,1-3H3,(H,19,20). The highest BCUT2D eigenvalue weighted by Crippen LogP contribution is 2.23. The molecule has 0 aliphatic heterocycles. The highest BCUT2D eigenvalue weighted by atomic mass is 32.2. The third-order valence-electron chi connectivity index (χ3n) is 3.40. The number of aryl methyl sites for hydroxylation is 3. The van der Waals surface area contributed by atoms with Crippen molar-refractivity contribution in [3.8, 4) is 0 Å². The second-order valence-electron chi connectivity index (χ2n) is 5.15. The number of benzene rings is 2. The van der Waals surface area contributed by atoms with Gasteiger partial charge in [-0.15, -0.1) is 11.8 Å². The minimum absolute atomic E-state index is 0.00210.